The van der Waals surface area contributed by atoms with Gasteiger partial charge in [0.2, 0.25) is 0 Å². The second kappa shape index (κ2) is 8.25. The Morgan fingerprint density at radius 1 is 0.964 bits per heavy atom. The third-order valence-electron chi connectivity index (χ3n) is 5.83. The number of methoxy groups -OCH3 is 2. The summed E-state index contributed by atoms with van der Waals surface area (Å²) in [7, 11) is 3.39. The molecule has 0 atom stereocenters. The molecule has 2 aliphatic rings. The van der Waals surface area contributed by atoms with Crippen molar-refractivity contribution < 1.29 is 9.47 Å². The first-order valence-electron chi connectivity index (χ1n) is 10.3. The van der Waals surface area contributed by atoms with Crippen molar-refractivity contribution in [1.29, 1.82) is 0 Å². The average molecular weight is 383 g/mol. The second-order valence-electron chi connectivity index (χ2n) is 7.73. The molecule has 6 heteroatoms. The average Bonchev–Trinajstić information content (AvgIpc) is 2.73. The molecule has 1 N–H and O–H groups in total. The van der Waals surface area contributed by atoms with E-state index in [0.29, 0.717) is 6.04 Å². The molecule has 0 saturated carbocycles. The zero-order valence-electron chi connectivity index (χ0n) is 17.1. The number of benzene rings is 1. The van der Waals surface area contributed by atoms with Crippen LogP contribution in [0.3, 0.4) is 0 Å². The molecule has 1 saturated heterocycles. The molecule has 1 aromatic heterocycles. The molecule has 0 bridgehead atoms. The zero-order valence-corrected chi connectivity index (χ0v) is 17.1. The Morgan fingerprint density at radius 2 is 1.64 bits per heavy atom. The number of fused-ring (bicyclic) bond motifs is 1. The van der Waals surface area contributed by atoms with Gasteiger partial charge in [-0.15, -0.1) is 0 Å². The number of nitrogens with one attached hydrogen (secondary N) is 1. The van der Waals surface area contributed by atoms with Crippen LogP contribution >= 0.6 is 0 Å². The summed E-state index contributed by atoms with van der Waals surface area (Å²) in [5.41, 5.74) is 3.75. The van der Waals surface area contributed by atoms with Crippen molar-refractivity contribution in [2.24, 2.45) is 0 Å². The summed E-state index contributed by atoms with van der Waals surface area (Å²) in [4.78, 5) is 11.8. The first-order valence-corrected chi connectivity index (χ1v) is 10.3. The Hall–Kier alpha value is -2.50. The molecule has 0 radical (unpaired) electrons. The minimum absolute atomic E-state index is 0.448. The molecule has 150 valence electrons. The van der Waals surface area contributed by atoms with E-state index in [1.807, 2.05) is 13.0 Å². The van der Waals surface area contributed by atoms with Gasteiger partial charge >= 0.3 is 0 Å². The van der Waals surface area contributed by atoms with Crippen molar-refractivity contribution in [2.45, 2.75) is 51.5 Å². The number of ether oxygens (including phenoxy) is 2. The Balaban J connectivity index is 1.43. The fourth-order valence-electron chi connectivity index (χ4n) is 4.29. The number of aromatic nitrogens is 2. The molecule has 1 aromatic carbocycles. The molecule has 6 nitrogen and oxygen atoms in total. The maximum absolute atomic E-state index is 5.42. The number of hydrogen-bond donors (Lipinski definition) is 1. The molecule has 0 amide bonds. The van der Waals surface area contributed by atoms with Crippen LogP contribution in [0, 0.1) is 6.92 Å². The van der Waals surface area contributed by atoms with Gasteiger partial charge in [-0.1, -0.05) is 0 Å². The van der Waals surface area contributed by atoms with E-state index in [1.165, 1.54) is 24.1 Å². The fraction of sp³-hybridized carbons (Fsp3) is 0.545. The molecule has 1 aliphatic heterocycles. The highest BCUT2D eigenvalue weighted by Crippen LogP contribution is 2.31. The monoisotopic (exact) mass is 382 g/mol. The molecular formula is C22H30N4O2. The summed E-state index contributed by atoms with van der Waals surface area (Å²) in [5, 5.41) is 3.74. The Bertz CT molecular complexity index is 809. The highest BCUT2D eigenvalue weighted by Gasteiger charge is 2.23. The standard InChI is InChI=1S/C22H30N4O2/c1-15-23-21-7-5-4-6-20(21)22(24-15)25-16-8-10-26(11-9-16)17-12-18(27-2)14-19(13-17)28-3/h12-14,16H,4-11H2,1-3H3,(H,23,24,25). The molecule has 2 aromatic rings. The third-order valence-corrected chi connectivity index (χ3v) is 5.83. The Morgan fingerprint density at radius 3 is 2.32 bits per heavy atom. The summed E-state index contributed by atoms with van der Waals surface area (Å²) in [5.74, 6) is 3.61. The summed E-state index contributed by atoms with van der Waals surface area (Å²) in [6, 6.07) is 6.53. The van der Waals surface area contributed by atoms with Crippen molar-refractivity contribution in [1.82, 2.24) is 9.97 Å². The van der Waals surface area contributed by atoms with E-state index in [0.717, 1.165) is 67.6 Å². The van der Waals surface area contributed by atoms with Crippen molar-refractivity contribution in [3.05, 3.63) is 35.3 Å². The van der Waals surface area contributed by atoms with E-state index in [-0.39, 0.29) is 0 Å². The van der Waals surface area contributed by atoms with Crippen LogP contribution in [0.1, 0.15) is 42.8 Å². The molecule has 0 unspecified atom stereocenters. The molecule has 0 spiro atoms. The maximum Gasteiger partial charge on any atom is 0.133 e. The van der Waals surface area contributed by atoms with E-state index < -0.39 is 0 Å². The van der Waals surface area contributed by atoms with Crippen LogP contribution in [0.25, 0.3) is 0 Å². The van der Waals surface area contributed by atoms with E-state index in [9.17, 15) is 0 Å². The topological polar surface area (TPSA) is 59.5 Å². The van der Waals surface area contributed by atoms with E-state index in [2.05, 4.69) is 27.3 Å². The first kappa shape index (κ1) is 18.8. The zero-order chi connectivity index (χ0) is 19.5. The summed E-state index contributed by atoms with van der Waals surface area (Å²) in [6.07, 6.45) is 6.83. The highest BCUT2D eigenvalue weighted by molar-refractivity contribution is 5.56. The van der Waals surface area contributed by atoms with Crippen molar-refractivity contribution in [3.63, 3.8) is 0 Å². The fourth-order valence-corrected chi connectivity index (χ4v) is 4.29. The number of hydrogen-bond acceptors (Lipinski definition) is 6. The van der Waals surface area contributed by atoms with E-state index in [1.54, 1.807) is 14.2 Å². The number of nitrogens with zero attached hydrogens (tertiary/aromatic N) is 3. The summed E-state index contributed by atoms with van der Waals surface area (Å²) < 4.78 is 10.8. The quantitative estimate of drug-likeness (QED) is 0.850. The van der Waals surface area contributed by atoms with Crippen LogP contribution in [0.5, 0.6) is 11.5 Å². The van der Waals surface area contributed by atoms with Gasteiger partial charge in [-0.25, -0.2) is 9.97 Å². The van der Waals surface area contributed by atoms with Gasteiger partial charge in [0.1, 0.15) is 23.1 Å². The number of rotatable bonds is 5. The lowest BCUT2D eigenvalue weighted by molar-refractivity contribution is 0.394. The minimum atomic E-state index is 0.448. The van der Waals surface area contributed by atoms with Crippen LogP contribution in [0.15, 0.2) is 18.2 Å². The van der Waals surface area contributed by atoms with Gasteiger partial charge in [0.15, 0.2) is 0 Å². The smallest absolute Gasteiger partial charge is 0.133 e. The minimum Gasteiger partial charge on any atom is -0.497 e. The SMILES string of the molecule is COc1cc(OC)cc(N2CCC(Nc3nc(C)nc4c3CCCC4)CC2)c1. The Labute approximate surface area is 167 Å². The molecule has 28 heavy (non-hydrogen) atoms. The number of piperidine rings is 1. The van der Waals surface area contributed by atoms with Gasteiger partial charge in [0.05, 0.1) is 14.2 Å². The van der Waals surface area contributed by atoms with Crippen LogP contribution < -0.4 is 19.7 Å². The molecule has 2 heterocycles. The van der Waals surface area contributed by atoms with Gasteiger partial charge in [-0.3, -0.25) is 0 Å². The first-order chi connectivity index (χ1) is 13.7. The lowest BCUT2D eigenvalue weighted by atomic mass is 9.95. The van der Waals surface area contributed by atoms with Gasteiger partial charge in [0, 0.05) is 54.3 Å². The number of aryl methyl sites for hydroxylation is 2. The lowest BCUT2D eigenvalue weighted by Gasteiger charge is -2.35. The van der Waals surface area contributed by atoms with E-state index >= 15 is 0 Å². The van der Waals surface area contributed by atoms with Crippen molar-refractivity contribution in [2.75, 3.05) is 37.5 Å². The maximum atomic E-state index is 5.42. The van der Waals surface area contributed by atoms with Gasteiger partial charge in [-0.05, 0) is 45.4 Å². The van der Waals surface area contributed by atoms with Crippen molar-refractivity contribution >= 4 is 11.5 Å². The molecule has 1 aliphatic carbocycles. The molecule has 4 rings (SSSR count). The summed E-state index contributed by atoms with van der Waals surface area (Å²) >= 11 is 0. The van der Waals surface area contributed by atoms with Crippen LogP contribution in [0.2, 0.25) is 0 Å². The number of anilines is 2. The van der Waals surface area contributed by atoms with Crippen LogP contribution in [-0.2, 0) is 12.8 Å². The second-order valence-corrected chi connectivity index (χ2v) is 7.73. The Kier molecular flexibility index (Phi) is 5.55. The molecular weight excluding hydrogens is 352 g/mol. The predicted octanol–water partition coefficient (Wildman–Crippen LogP) is 3.76. The third kappa shape index (κ3) is 4.01. The molecule has 1 fully saturated rings. The predicted molar refractivity (Wildman–Crippen MR) is 112 cm³/mol. The summed E-state index contributed by atoms with van der Waals surface area (Å²) in [6.45, 7) is 4.00. The van der Waals surface area contributed by atoms with Gasteiger partial charge in [0.25, 0.3) is 0 Å². The van der Waals surface area contributed by atoms with Gasteiger partial charge in [-0.2, -0.15) is 0 Å². The highest BCUT2D eigenvalue weighted by atomic mass is 16.5. The van der Waals surface area contributed by atoms with Crippen molar-refractivity contribution in [3.8, 4) is 11.5 Å². The normalized spacial score (nSPS) is 17.2. The van der Waals surface area contributed by atoms with Crippen LogP contribution in [0.4, 0.5) is 11.5 Å². The lowest BCUT2D eigenvalue weighted by Crippen LogP contribution is -2.39. The largest absolute Gasteiger partial charge is 0.497 e. The van der Waals surface area contributed by atoms with Gasteiger partial charge < -0.3 is 19.7 Å². The van der Waals surface area contributed by atoms with E-state index in [4.69, 9.17) is 14.5 Å². The van der Waals surface area contributed by atoms with Crippen LogP contribution in [-0.4, -0.2) is 43.3 Å².